The summed E-state index contributed by atoms with van der Waals surface area (Å²) >= 11 is 0. The Kier molecular flexibility index (Phi) is 7.37. The first-order valence-electron chi connectivity index (χ1n) is 11.3. The summed E-state index contributed by atoms with van der Waals surface area (Å²) in [4.78, 5) is 23.5. The largest absolute Gasteiger partial charge is 0.383 e. The van der Waals surface area contributed by atoms with Crippen LogP contribution >= 0.6 is 0 Å². The van der Waals surface area contributed by atoms with Gasteiger partial charge in [-0.1, -0.05) is 18.2 Å². The van der Waals surface area contributed by atoms with Gasteiger partial charge in [0.2, 0.25) is 5.95 Å². The summed E-state index contributed by atoms with van der Waals surface area (Å²) < 4.78 is 6.75. The molecule has 2 aromatic heterocycles. The molecule has 9 nitrogen and oxygen atoms in total. The molecule has 0 saturated carbocycles. The molecule has 0 radical (unpaired) electrons. The van der Waals surface area contributed by atoms with Crippen molar-refractivity contribution in [1.29, 1.82) is 5.41 Å². The molecule has 2 heterocycles. The van der Waals surface area contributed by atoms with E-state index in [0.29, 0.717) is 37.6 Å². The second-order valence-electron chi connectivity index (χ2n) is 8.20. The molecule has 180 valence electrons. The molecule has 2 aromatic carbocycles. The number of aromatic nitrogens is 3. The highest BCUT2D eigenvalue weighted by Crippen LogP contribution is 2.20. The molecular formula is C26H29N7O2. The van der Waals surface area contributed by atoms with E-state index in [9.17, 15) is 4.79 Å². The van der Waals surface area contributed by atoms with Gasteiger partial charge in [0.1, 0.15) is 0 Å². The molecular weight excluding hydrogens is 442 g/mol. The highest BCUT2D eigenvalue weighted by Gasteiger charge is 2.10. The van der Waals surface area contributed by atoms with Crippen molar-refractivity contribution in [2.45, 2.75) is 6.42 Å². The number of fused-ring (bicyclic) bond motifs is 1. The van der Waals surface area contributed by atoms with Crippen molar-refractivity contribution in [3.8, 4) is 11.3 Å². The third-order valence-corrected chi connectivity index (χ3v) is 5.77. The Hall–Kier alpha value is -4.24. The summed E-state index contributed by atoms with van der Waals surface area (Å²) in [5, 5.41) is 11.6. The molecule has 1 amide bonds. The van der Waals surface area contributed by atoms with Crippen molar-refractivity contribution in [2.24, 2.45) is 5.73 Å². The number of likely N-dealkylation sites (N-methyl/N-ethyl adjacent to an activating group) is 1. The number of amides is 1. The maximum absolute atomic E-state index is 12.6. The molecule has 0 aliphatic carbocycles. The molecule has 4 rings (SSSR count). The van der Waals surface area contributed by atoms with E-state index in [1.165, 1.54) is 0 Å². The number of ether oxygens (including phenoxy) is 1. The number of rotatable bonds is 9. The summed E-state index contributed by atoms with van der Waals surface area (Å²) in [5.41, 5.74) is 9.88. The quantitative estimate of drug-likeness (QED) is 0.255. The van der Waals surface area contributed by atoms with Crippen LogP contribution in [0.4, 0.5) is 5.95 Å². The second kappa shape index (κ2) is 10.8. The topological polar surface area (TPSA) is 122 Å². The van der Waals surface area contributed by atoms with Crippen molar-refractivity contribution in [1.82, 2.24) is 19.9 Å². The third-order valence-electron chi connectivity index (χ3n) is 5.77. The molecule has 0 unspecified atom stereocenters. The van der Waals surface area contributed by atoms with Crippen LogP contribution in [-0.2, 0) is 11.2 Å². The Morgan fingerprint density at radius 1 is 1.17 bits per heavy atom. The van der Waals surface area contributed by atoms with Crippen LogP contribution in [0.1, 0.15) is 15.9 Å². The summed E-state index contributed by atoms with van der Waals surface area (Å²) in [6.45, 7) is 1.80. The molecule has 9 heteroatoms. The van der Waals surface area contributed by atoms with E-state index in [-0.39, 0.29) is 11.9 Å². The zero-order valence-electron chi connectivity index (χ0n) is 19.9. The van der Waals surface area contributed by atoms with Gasteiger partial charge in [-0.2, -0.15) is 0 Å². The highest BCUT2D eigenvalue weighted by atomic mass is 16.5. The molecule has 0 atom stereocenters. The number of carbonyl (C=O) groups excluding carboxylic acids is 1. The Morgan fingerprint density at radius 2 is 1.97 bits per heavy atom. The molecule has 4 aromatic rings. The van der Waals surface area contributed by atoms with Gasteiger partial charge in [0.15, 0.2) is 5.96 Å². The first kappa shape index (κ1) is 23.9. The number of methoxy groups -OCH3 is 1. The molecule has 35 heavy (non-hydrogen) atoms. The van der Waals surface area contributed by atoms with Crippen LogP contribution in [0, 0.1) is 5.41 Å². The maximum atomic E-state index is 12.6. The van der Waals surface area contributed by atoms with Gasteiger partial charge in [0.25, 0.3) is 5.91 Å². The zero-order chi connectivity index (χ0) is 24.8. The molecule has 0 bridgehead atoms. The number of hydrogen-bond donors (Lipinski definition) is 3. The fraction of sp³-hybridized carbons (Fsp3) is 0.231. The van der Waals surface area contributed by atoms with Gasteiger partial charge in [-0.3, -0.25) is 14.8 Å². The average Bonchev–Trinajstić information content (AvgIpc) is 3.31. The first-order valence-corrected chi connectivity index (χ1v) is 11.3. The van der Waals surface area contributed by atoms with E-state index < -0.39 is 0 Å². The van der Waals surface area contributed by atoms with Gasteiger partial charge in [0.05, 0.1) is 17.8 Å². The number of nitrogen functional groups attached to an aromatic ring is 1. The number of nitrogens with one attached hydrogen (secondary N) is 2. The van der Waals surface area contributed by atoms with Gasteiger partial charge in [-0.05, 0) is 48.4 Å². The van der Waals surface area contributed by atoms with Crippen molar-refractivity contribution in [3.05, 3.63) is 78.1 Å². The average molecular weight is 472 g/mol. The van der Waals surface area contributed by atoms with Crippen molar-refractivity contribution < 1.29 is 9.53 Å². The maximum Gasteiger partial charge on any atom is 0.251 e. The van der Waals surface area contributed by atoms with Crippen molar-refractivity contribution >= 4 is 28.7 Å². The van der Waals surface area contributed by atoms with Crippen LogP contribution in [0.2, 0.25) is 0 Å². The Morgan fingerprint density at radius 3 is 2.71 bits per heavy atom. The molecule has 4 N–H and O–H groups in total. The normalized spacial score (nSPS) is 10.9. The minimum Gasteiger partial charge on any atom is -0.383 e. The lowest BCUT2D eigenvalue weighted by Gasteiger charge is -2.16. The monoisotopic (exact) mass is 471 g/mol. The predicted octanol–water partition coefficient (Wildman–Crippen LogP) is 2.89. The standard InChI is InChI=1S/C26H29N7O2/c1-32(15-16-35-2)26-30-13-10-22(31-26)19-4-6-20(7-5-19)24(34)29-12-9-18-3-8-23-21(17-18)11-14-33(23)25(27)28/h3-8,10-11,13-14,17H,9,12,15-16H2,1-2H3,(H3,27,28)(H,29,34). The van der Waals surface area contributed by atoms with E-state index in [4.69, 9.17) is 15.9 Å². The second-order valence-corrected chi connectivity index (χ2v) is 8.20. The molecule has 0 spiro atoms. The van der Waals surface area contributed by atoms with E-state index >= 15 is 0 Å². The minimum absolute atomic E-state index is 0.0133. The minimum atomic E-state index is -0.122. The number of nitrogens with zero attached hydrogens (tertiary/aromatic N) is 4. The SMILES string of the molecule is COCCN(C)c1nccc(-c2ccc(C(=O)NCCc3ccc4c(ccn4C(=N)N)c3)cc2)n1. The number of carbonyl (C=O) groups is 1. The number of benzene rings is 2. The van der Waals surface area contributed by atoms with Crippen LogP contribution in [0.3, 0.4) is 0 Å². The van der Waals surface area contributed by atoms with Crippen LogP contribution in [0.15, 0.2) is 67.0 Å². The van der Waals surface area contributed by atoms with E-state index in [2.05, 4.69) is 21.4 Å². The number of anilines is 1. The highest BCUT2D eigenvalue weighted by molar-refractivity contribution is 5.94. The number of hydrogen-bond acceptors (Lipinski definition) is 6. The van der Waals surface area contributed by atoms with Crippen LogP contribution < -0.4 is 16.0 Å². The van der Waals surface area contributed by atoms with Crippen molar-refractivity contribution in [2.75, 3.05) is 38.8 Å². The Balaban J connectivity index is 1.35. The van der Waals surface area contributed by atoms with Gasteiger partial charge < -0.3 is 20.7 Å². The first-order chi connectivity index (χ1) is 17.0. The Bertz CT molecular complexity index is 1330. The number of nitrogens with two attached hydrogens (primary N) is 1. The van der Waals surface area contributed by atoms with E-state index in [1.54, 1.807) is 36.2 Å². The smallest absolute Gasteiger partial charge is 0.251 e. The van der Waals surface area contributed by atoms with Crippen LogP contribution in [0.5, 0.6) is 0 Å². The third kappa shape index (κ3) is 5.64. The van der Waals surface area contributed by atoms with Gasteiger partial charge >= 0.3 is 0 Å². The molecule has 0 fully saturated rings. The zero-order valence-corrected chi connectivity index (χ0v) is 19.9. The fourth-order valence-electron chi connectivity index (χ4n) is 3.79. The fourth-order valence-corrected chi connectivity index (χ4v) is 3.79. The van der Waals surface area contributed by atoms with Crippen LogP contribution in [0.25, 0.3) is 22.2 Å². The van der Waals surface area contributed by atoms with Crippen LogP contribution in [-0.4, -0.2) is 60.3 Å². The lowest BCUT2D eigenvalue weighted by Crippen LogP contribution is -2.25. The lowest BCUT2D eigenvalue weighted by molar-refractivity contribution is 0.0954. The summed E-state index contributed by atoms with van der Waals surface area (Å²) in [7, 11) is 3.59. The summed E-state index contributed by atoms with van der Waals surface area (Å²) in [6, 6.07) is 17.2. The molecule has 0 aliphatic heterocycles. The summed E-state index contributed by atoms with van der Waals surface area (Å²) in [5.74, 6) is 0.487. The summed E-state index contributed by atoms with van der Waals surface area (Å²) in [6.07, 6.45) is 4.21. The van der Waals surface area contributed by atoms with E-state index in [1.807, 2.05) is 48.3 Å². The predicted molar refractivity (Wildman–Crippen MR) is 138 cm³/mol. The van der Waals surface area contributed by atoms with Gasteiger partial charge in [-0.15, -0.1) is 0 Å². The Labute approximate surface area is 204 Å². The molecule has 0 aliphatic rings. The molecule has 0 saturated heterocycles. The van der Waals surface area contributed by atoms with E-state index in [0.717, 1.165) is 27.7 Å². The lowest BCUT2D eigenvalue weighted by atomic mass is 10.1. The van der Waals surface area contributed by atoms with Crippen molar-refractivity contribution in [3.63, 3.8) is 0 Å². The van der Waals surface area contributed by atoms with Gasteiger partial charge in [-0.25, -0.2) is 9.97 Å². The van der Waals surface area contributed by atoms with Gasteiger partial charge in [0, 0.05) is 56.2 Å².